The van der Waals surface area contributed by atoms with Gasteiger partial charge in [-0.2, -0.15) is 11.8 Å². The smallest absolute Gasteiger partial charge is 0.225 e. The molecule has 0 bridgehead atoms. The molecule has 1 saturated heterocycles. The molecule has 1 aromatic carbocycles. The van der Waals surface area contributed by atoms with Gasteiger partial charge in [0.15, 0.2) is 5.96 Å². The summed E-state index contributed by atoms with van der Waals surface area (Å²) in [6, 6.07) is 8.12. The fourth-order valence-corrected chi connectivity index (χ4v) is 6.02. The fourth-order valence-electron chi connectivity index (χ4n) is 5.12. The lowest BCUT2D eigenvalue weighted by atomic mass is 9.90. The lowest BCUT2D eigenvalue weighted by molar-refractivity contribution is -0.116. The molecule has 1 unspecified atom stereocenters. The molecule has 1 aromatic rings. The summed E-state index contributed by atoms with van der Waals surface area (Å²) >= 11 is 2.07. The number of benzene rings is 1. The van der Waals surface area contributed by atoms with Gasteiger partial charge in [-0.05, 0) is 31.4 Å². The van der Waals surface area contributed by atoms with Gasteiger partial charge in [0.25, 0.3) is 0 Å². The second-order valence-corrected chi connectivity index (χ2v) is 9.87. The Kier molecular flexibility index (Phi) is 7.20. The minimum atomic E-state index is 0.0929. The number of hydrogen-bond acceptors (Lipinski definition) is 4. The minimum Gasteiger partial charge on any atom is -0.357 e. The van der Waals surface area contributed by atoms with Gasteiger partial charge >= 0.3 is 0 Å². The van der Waals surface area contributed by atoms with Gasteiger partial charge in [-0.15, -0.1) is 0 Å². The summed E-state index contributed by atoms with van der Waals surface area (Å²) in [6.45, 7) is 6.89. The Hall–Kier alpha value is -1.73. The Morgan fingerprint density at radius 2 is 2.00 bits per heavy atom. The molecular weight excluding hydrogens is 394 g/mol. The predicted octanol–water partition coefficient (Wildman–Crippen LogP) is 3.03. The van der Waals surface area contributed by atoms with E-state index in [1.807, 2.05) is 18.2 Å². The van der Waals surface area contributed by atoms with E-state index in [0.29, 0.717) is 13.0 Å². The van der Waals surface area contributed by atoms with Crippen molar-refractivity contribution in [3.05, 3.63) is 29.8 Å². The average Bonchev–Trinajstić information content (AvgIpc) is 3.26. The van der Waals surface area contributed by atoms with Crippen molar-refractivity contribution in [2.24, 2.45) is 4.99 Å². The number of para-hydroxylation sites is 1. The maximum atomic E-state index is 12.1. The molecule has 0 radical (unpaired) electrons. The molecular formula is C23H35N5OS. The number of rotatable bonds is 6. The topological polar surface area (TPSA) is 68.8 Å². The number of nitrogens with zero attached hydrogens (tertiary/aromatic N) is 2. The number of hydrogen-bond donors (Lipinski definition) is 3. The van der Waals surface area contributed by atoms with E-state index in [4.69, 9.17) is 4.99 Å². The number of carbonyl (C=O) groups is 1. The molecule has 3 aliphatic rings. The Labute approximate surface area is 184 Å². The van der Waals surface area contributed by atoms with Crippen LogP contribution in [0.25, 0.3) is 0 Å². The molecule has 0 aromatic heterocycles. The third-order valence-electron chi connectivity index (χ3n) is 6.71. The van der Waals surface area contributed by atoms with E-state index in [9.17, 15) is 4.79 Å². The van der Waals surface area contributed by atoms with E-state index in [0.717, 1.165) is 24.7 Å². The van der Waals surface area contributed by atoms with Crippen molar-refractivity contribution < 1.29 is 4.79 Å². The van der Waals surface area contributed by atoms with Crippen molar-refractivity contribution in [3.8, 4) is 0 Å². The first kappa shape index (κ1) is 21.5. The molecule has 1 atom stereocenters. The van der Waals surface area contributed by atoms with Crippen LogP contribution < -0.4 is 16.0 Å². The van der Waals surface area contributed by atoms with Crippen LogP contribution in [0.3, 0.4) is 0 Å². The molecule has 3 N–H and O–H groups in total. The quantitative estimate of drug-likeness (QED) is 0.479. The molecule has 4 rings (SSSR count). The van der Waals surface area contributed by atoms with Crippen LogP contribution in [0.15, 0.2) is 29.3 Å². The largest absolute Gasteiger partial charge is 0.357 e. The van der Waals surface area contributed by atoms with E-state index < -0.39 is 0 Å². The zero-order valence-electron chi connectivity index (χ0n) is 18.1. The van der Waals surface area contributed by atoms with E-state index >= 15 is 0 Å². The van der Waals surface area contributed by atoms with Crippen LogP contribution in [0.4, 0.5) is 5.69 Å². The zero-order valence-corrected chi connectivity index (χ0v) is 18.9. The number of amides is 1. The SMILES string of the molecule is CCNC(=NCC1(N2CCSCC2)CCCC1)NCC1CC(=O)Nc2ccccc21. The maximum absolute atomic E-state index is 12.1. The number of guanidine groups is 1. The van der Waals surface area contributed by atoms with E-state index in [1.54, 1.807) is 0 Å². The van der Waals surface area contributed by atoms with Gasteiger partial charge in [-0.1, -0.05) is 31.0 Å². The van der Waals surface area contributed by atoms with Crippen LogP contribution in [0, 0.1) is 0 Å². The molecule has 0 spiro atoms. The highest BCUT2D eigenvalue weighted by molar-refractivity contribution is 7.99. The lowest BCUT2D eigenvalue weighted by Crippen LogP contribution is -2.53. The van der Waals surface area contributed by atoms with Crippen molar-refractivity contribution >= 4 is 29.3 Å². The van der Waals surface area contributed by atoms with Crippen LogP contribution in [0.2, 0.25) is 0 Å². The number of carbonyl (C=O) groups excluding carboxylic acids is 1. The van der Waals surface area contributed by atoms with Crippen LogP contribution in [-0.2, 0) is 4.79 Å². The molecule has 2 aliphatic heterocycles. The normalized spacial score (nSPS) is 24.2. The summed E-state index contributed by atoms with van der Waals surface area (Å²) in [5.41, 5.74) is 2.38. The maximum Gasteiger partial charge on any atom is 0.225 e. The molecule has 2 fully saturated rings. The molecule has 7 heteroatoms. The van der Waals surface area contributed by atoms with E-state index in [-0.39, 0.29) is 17.4 Å². The standard InChI is InChI=1S/C23H35N5OS/c1-2-24-22(25-16-18-15-21(29)27-20-8-4-3-7-19(18)20)26-17-23(9-5-6-10-23)28-11-13-30-14-12-28/h3-4,7-8,18H,2,5-6,9-17H2,1H3,(H,27,29)(H2,24,25,26). The Balaban J connectivity index is 1.43. The van der Waals surface area contributed by atoms with Crippen LogP contribution in [0.5, 0.6) is 0 Å². The average molecular weight is 430 g/mol. The molecule has 1 aliphatic carbocycles. The van der Waals surface area contributed by atoms with Crippen LogP contribution in [0.1, 0.15) is 50.5 Å². The summed E-state index contributed by atoms with van der Waals surface area (Å²) in [6.07, 6.45) is 5.67. The number of aliphatic imine (C=N–C) groups is 1. The van der Waals surface area contributed by atoms with Crippen molar-refractivity contribution in [1.82, 2.24) is 15.5 Å². The highest BCUT2D eigenvalue weighted by atomic mass is 32.2. The first-order valence-electron chi connectivity index (χ1n) is 11.4. The van der Waals surface area contributed by atoms with E-state index in [1.165, 1.54) is 55.8 Å². The first-order valence-corrected chi connectivity index (χ1v) is 12.6. The van der Waals surface area contributed by atoms with Gasteiger partial charge in [-0.3, -0.25) is 14.7 Å². The van der Waals surface area contributed by atoms with E-state index in [2.05, 4.69) is 45.6 Å². The zero-order chi connectivity index (χ0) is 20.8. The summed E-state index contributed by atoms with van der Waals surface area (Å²) in [7, 11) is 0. The van der Waals surface area contributed by atoms with Crippen LogP contribution >= 0.6 is 11.8 Å². The Morgan fingerprint density at radius 1 is 1.23 bits per heavy atom. The van der Waals surface area contributed by atoms with Gasteiger partial charge in [0, 0.05) is 61.2 Å². The molecule has 1 amide bonds. The van der Waals surface area contributed by atoms with Gasteiger partial charge in [0.2, 0.25) is 5.91 Å². The van der Waals surface area contributed by atoms with Crippen LogP contribution in [-0.4, -0.2) is 66.5 Å². The highest BCUT2D eigenvalue weighted by Crippen LogP contribution is 2.37. The Morgan fingerprint density at radius 3 is 2.77 bits per heavy atom. The summed E-state index contributed by atoms with van der Waals surface area (Å²) in [5, 5.41) is 9.94. The van der Waals surface area contributed by atoms with Gasteiger partial charge < -0.3 is 16.0 Å². The number of anilines is 1. The lowest BCUT2D eigenvalue weighted by Gasteiger charge is -2.42. The van der Waals surface area contributed by atoms with Gasteiger partial charge in [0.1, 0.15) is 0 Å². The highest BCUT2D eigenvalue weighted by Gasteiger charge is 2.40. The van der Waals surface area contributed by atoms with Crippen molar-refractivity contribution in [2.45, 2.75) is 50.5 Å². The number of thioether (sulfide) groups is 1. The predicted molar refractivity (Wildman–Crippen MR) is 127 cm³/mol. The number of fused-ring (bicyclic) bond motifs is 1. The summed E-state index contributed by atoms with van der Waals surface area (Å²) in [5.74, 6) is 3.62. The summed E-state index contributed by atoms with van der Waals surface area (Å²) in [4.78, 5) is 19.9. The van der Waals surface area contributed by atoms with Gasteiger partial charge in [0.05, 0.1) is 6.54 Å². The fraction of sp³-hybridized carbons (Fsp3) is 0.652. The van der Waals surface area contributed by atoms with Gasteiger partial charge in [-0.25, -0.2) is 0 Å². The third kappa shape index (κ3) is 4.94. The third-order valence-corrected chi connectivity index (χ3v) is 7.66. The van der Waals surface area contributed by atoms with Crippen molar-refractivity contribution in [1.29, 1.82) is 0 Å². The molecule has 30 heavy (non-hydrogen) atoms. The molecule has 6 nitrogen and oxygen atoms in total. The number of nitrogens with one attached hydrogen (secondary N) is 3. The minimum absolute atomic E-state index is 0.0929. The monoisotopic (exact) mass is 429 g/mol. The molecule has 164 valence electrons. The van der Waals surface area contributed by atoms with Crippen molar-refractivity contribution in [2.75, 3.05) is 49.5 Å². The summed E-state index contributed by atoms with van der Waals surface area (Å²) < 4.78 is 0. The molecule has 1 saturated carbocycles. The van der Waals surface area contributed by atoms with Crippen molar-refractivity contribution in [3.63, 3.8) is 0 Å². The second-order valence-electron chi connectivity index (χ2n) is 8.64. The Bertz CT molecular complexity index is 756. The first-order chi connectivity index (χ1) is 14.7. The second kappa shape index (κ2) is 10.1. The molecule has 2 heterocycles.